The molecule has 4 nitrogen and oxygen atoms in total. The van der Waals surface area contributed by atoms with Crippen LogP contribution in [0.5, 0.6) is 0 Å². The number of aromatic nitrogens is 2. The average Bonchev–Trinajstić information content (AvgIpc) is 2.77. The quantitative estimate of drug-likeness (QED) is 0.714. The Morgan fingerprint density at radius 3 is 2.93 bits per heavy atom. The average molecular weight is 361 g/mol. The Bertz CT molecular complexity index is 994. The van der Waals surface area contributed by atoms with Gasteiger partial charge in [0.1, 0.15) is 0 Å². The Morgan fingerprint density at radius 2 is 2.11 bits per heavy atom. The number of nitrogens with zero attached hydrogens (tertiary/aromatic N) is 3. The van der Waals surface area contributed by atoms with E-state index >= 15 is 0 Å². The van der Waals surface area contributed by atoms with Crippen LogP contribution < -0.4 is 0 Å². The molecule has 4 heterocycles. The van der Waals surface area contributed by atoms with Crippen LogP contribution in [0.4, 0.5) is 0 Å². The normalized spacial score (nSPS) is 25.8. The van der Waals surface area contributed by atoms with E-state index in [1.807, 2.05) is 18.3 Å². The molecule has 3 aromatic rings. The van der Waals surface area contributed by atoms with E-state index in [0.717, 1.165) is 44.5 Å². The molecule has 0 saturated carbocycles. The molecule has 0 spiro atoms. The summed E-state index contributed by atoms with van der Waals surface area (Å²) in [6, 6.07) is 10.8. The molecule has 1 aromatic carbocycles. The summed E-state index contributed by atoms with van der Waals surface area (Å²) in [6.07, 6.45) is 6.21. The van der Waals surface area contributed by atoms with Crippen LogP contribution in [-0.4, -0.2) is 33.1 Å². The van der Waals surface area contributed by atoms with Crippen molar-refractivity contribution in [2.75, 3.05) is 13.6 Å². The smallest absolute Gasteiger partial charge is 0.0934 e. The van der Waals surface area contributed by atoms with Gasteiger partial charge in [0.2, 0.25) is 0 Å². The second kappa shape index (κ2) is 6.18. The Kier molecular flexibility index (Phi) is 3.88. The highest BCUT2D eigenvalue weighted by molar-refractivity contribution is 5.86. The lowest BCUT2D eigenvalue weighted by atomic mass is 9.81. The molecule has 1 N–H and O–H groups in total. The number of hydrogen-bond donors (Lipinski definition) is 1. The van der Waals surface area contributed by atoms with Crippen LogP contribution >= 0.6 is 0 Å². The first-order valence-electron chi connectivity index (χ1n) is 9.98. The Labute approximate surface area is 160 Å². The van der Waals surface area contributed by atoms with Crippen molar-refractivity contribution in [2.45, 2.75) is 50.8 Å². The zero-order valence-electron chi connectivity index (χ0n) is 16.2. The fourth-order valence-corrected chi connectivity index (χ4v) is 5.20. The first-order chi connectivity index (χ1) is 13.0. The summed E-state index contributed by atoms with van der Waals surface area (Å²) in [4.78, 5) is 6.70. The lowest BCUT2D eigenvalue weighted by Crippen LogP contribution is -2.28. The van der Waals surface area contributed by atoms with Gasteiger partial charge in [-0.3, -0.25) is 4.98 Å². The lowest BCUT2D eigenvalue weighted by molar-refractivity contribution is 0.0115. The third kappa shape index (κ3) is 2.70. The van der Waals surface area contributed by atoms with Gasteiger partial charge in [-0.25, -0.2) is 0 Å². The van der Waals surface area contributed by atoms with Gasteiger partial charge in [-0.1, -0.05) is 17.7 Å². The van der Waals surface area contributed by atoms with Gasteiger partial charge in [0.15, 0.2) is 0 Å². The summed E-state index contributed by atoms with van der Waals surface area (Å²) in [5, 5.41) is 13.0. The largest absolute Gasteiger partial charge is 0.385 e. The minimum absolute atomic E-state index is 0.366. The van der Waals surface area contributed by atoms with Crippen LogP contribution in [0.25, 0.3) is 10.9 Å². The maximum atomic E-state index is 11.6. The van der Waals surface area contributed by atoms with Crippen molar-refractivity contribution in [3.63, 3.8) is 0 Å². The van der Waals surface area contributed by atoms with Gasteiger partial charge < -0.3 is 14.6 Å². The molecule has 5 rings (SSSR count). The van der Waals surface area contributed by atoms with E-state index in [9.17, 15) is 5.11 Å². The van der Waals surface area contributed by atoms with Crippen LogP contribution in [0.3, 0.4) is 0 Å². The van der Waals surface area contributed by atoms with Gasteiger partial charge in [0.25, 0.3) is 0 Å². The van der Waals surface area contributed by atoms with E-state index in [0.29, 0.717) is 5.92 Å². The van der Waals surface area contributed by atoms with Crippen LogP contribution in [-0.2, 0) is 18.7 Å². The first kappa shape index (κ1) is 17.0. The van der Waals surface area contributed by atoms with Crippen molar-refractivity contribution in [3.8, 4) is 0 Å². The molecule has 2 aliphatic heterocycles. The fraction of sp³-hybridized carbons (Fsp3) is 0.435. The van der Waals surface area contributed by atoms with Crippen molar-refractivity contribution >= 4 is 10.9 Å². The van der Waals surface area contributed by atoms with Crippen LogP contribution in [0.15, 0.2) is 42.7 Å². The molecule has 0 radical (unpaired) electrons. The summed E-state index contributed by atoms with van der Waals surface area (Å²) in [5.74, 6) is 0.366. The van der Waals surface area contributed by atoms with Gasteiger partial charge in [-0.2, -0.15) is 0 Å². The minimum atomic E-state index is -0.810. The zero-order valence-corrected chi connectivity index (χ0v) is 16.2. The van der Waals surface area contributed by atoms with Crippen LogP contribution in [0.2, 0.25) is 0 Å². The highest BCUT2D eigenvalue weighted by Gasteiger charge is 2.39. The standard InChI is InChI=1S/C23H27N3O/c1-16-5-6-21-19(12-16)20-15-25(2)10-7-17-13-23(27,8-11-26(21)22(17)20)18-4-3-9-24-14-18/h3-6,9,12,14,17,27H,7-8,10-11,13,15H2,1-2H3. The van der Waals surface area contributed by atoms with Gasteiger partial charge in [-0.15, -0.1) is 0 Å². The molecule has 4 heteroatoms. The molecule has 0 saturated heterocycles. The fourth-order valence-electron chi connectivity index (χ4n) is 5.20. The van der Waals surface area contributed by atoms with Gasteiger partial charge in [0.05, 0.1) is 5.60 Å². The molecule has 2 aliphatic rings. The molecule has 140 valence electrons. The number of rotatable bonds is 1. The number of pyridine rings is 1. The number of hydrogen-bond acceptors (Lipinski definition) is 3. The monoisotopic (exact) mass is 361 g/mol. The molecular formula is C23H27N3O. The highest BCUT2D eigenvalue weighted by atomic mass is 16.3. The van der Waals surface area contributed by atoms with E-state index in [1.165, 1.54) is 27.7 Å². The molecule has 2 aromatic heterocycles. The summed E-state index contributed by atoms with van der Waals surface area (Å²) >= 11 is 0. The van der Waals surface area contributed by atoms with Gasteiger partial charge >= 0.3 is 0 Å². The highest BCUT2D eigenvalue weighted by Crippen LogP contribution is 2.46. The first-order valence-corrected chi connectivity index (χ1v) is 9.98. The van der Waals surface area contributed by atoms with Crippen molar-refractivity contribution in [2.24, 2.45) is 0 Å². The van der Waals surface area contributed by atoms with Crippen molar-refractivity contribution in [3.05, 3.63) is 65.1 Å². The van der Waals surface area contributed by atoms with Gasteiger partial charge in [-0.05, 0) is 63.5 Å². The van der Waals surface area contributed by atoms with E-state index in [4.69, 9.17) is 0 Å². The number of benzene rings is 1. The Hall–Kier alpha value is -2.17. The van der Waals surface area contributed by atoms with E-state index in [2.05, 4.69) is 46.6 Å². The predicted octanol–water partition coefficient (Wildman–Crippen LogP) is 3.95. The molecule has 0 fully saturated rings. The predicted molar refractivity (Wildman–Crippen MR) is 108 cm³/mol. The lowest BCUT2D eigenvalue weighted by Gasteiger charge is -2.29. The van der Waals surface area contributed by atoms with E-state index < -0.39 is 5.60 Å². The third-order valence-corrected chi connectivity index (χ3v) is 6.57. The number of fused-ring (bicyclic) bond motifs is 3. The Balaban J connectivity index is 1.69. The second-order valence-electron chi connectivity index (χ2n) is 8.49. The molecule has 2 atom stereocenters. The molecule has 0 bridgehead atoms. The Morgan fingerprint density at radius 1 is 1.22 bits per heavy atom. The van der Waals surface area contributed by atoms with Crippen molar-refractivity contribution in [1.29, 1.82) is 0 Å². The van der Waals surface area contributed by atoms with Crippen LogP contribution in [0.1, 0.15) is 47.6 Å². The molecule has 0 amide bonds. The molecular weight excluding hydrogens is 334 g/mol. The molecule has 0 aliphatic carbocycles. The summed E-state index contributed by atoms with van der Waals surface area (Å²) in [7, 11) is 2.21. The number of aliphatic hydroxyl groups is 1. The minimum Gasteiger partial charge on any atom is -0.385 e. The zero-order chi connectivity index (χ0) is 18.6. The summed E-state index contributed by atoms with van der Waals surface area (Å²) in [5.41, 5.74) is 5.70. The van der Waals surface area contributed by atoms with E-state index in [-0.39, 0.29) is 0 Å². The maximum absolute atomic E-state index is 11.6. The van der Waals surface area contributed by atoms with Crippen molar-refractivity contribution < 1.29 is 5.11 Å². The maximum Gasteiger partial charge on any atom is 0.0934 e. The van der Waals surface area contributed by atoms with E-state index in [1.54, 1.807) is 6.20 Å². The van der Waals surface area contributed by atoms with Crippen molar-refractivity contribution in [1.82, 2.24) is 14.5 Å². The third-order valence-electron chi connectivity index (χ3n) is 6.57. The van der Waals surface area contributed by atoms with Crippen LogP contribution in [0, 0.1) is 6.92 Å². The molecule has 2 unspecified atom stereocenters. The second-order valence-corrected chi connectivity index (χ2v) is 8.49. The SMILES string of the molecule is Cc1ccc2c(c1)c1c3n2CCC(O)(c2cccnc2)CC3CCN(C)C1. The van der Waals surface area contributed by atoms with Gasteiger partial charge in [0, 0.05) is 53.6 Å². The number of aryl methyl sites for hydroxylation is 2. The topological polar surface area (TPSA) is 41.3 Å². The molecule has 27 heavy (non-hydrogen) atoms. The summed E-state index contributed by atoms with van der Waals surface area (Å²) < 4.78 is 2.50. The summed E-state index contributed by atoms with van der Waals surface area (Å²) in [6.45, 7) is 5.08.